The van der Waals surface area contributed by atoms with Gasteiger partial charge in [-0.25, -0.2) is 0 Å². The van der Waals surface area contributed by atoms with E-state index in [0.29, 0.717) is 18.0 Å². The van der Waals surface area contributed by atoms with Gasteiger partial charge < -0.3 is 9.64 Å². The second-order valence-corrected chi connectivity index (χ2v) is 4.09. The molecular formula is C13H18ClNO2. The van der Waals surface area contributed by atoms with Crippen LogP contribution in [-0.2, 0) is 0 Å². The molecule has 0 bridgehead atoms. The molecule has 1 aromatic rings. The zero-order valence-corrected chi connectivity index (χ0v) is 11.0. The van der Waals surface area contributed by atoms with Crippen LogP contribution in [0.5, 0.6) is 5.75 Å². The highest BCUT2D eigenvalue weighted by molar-refractivity contribution is 6.18. The molecule has 0 unspecified atom stereocenters. The summed E-state index contributed by atoms with van der Waals surface area (Å²) in [5, 5.41) is 0. The molecule has 17 heavy (non-hydrogen) atoms. The average Bonchev–Trinajstić information content (AvgIpc) is 2.38. The Kier molecular flexibility index (Phi) is 5.84. The highest BCUT2D eigenvalue weighted by Crippen LogP contribution is 2.13. The van der Waals surface area contributed by atoms with Gasteiger partial charge in [-0.3, -0.25) is 4.79 Å². The van der Waals surface area contributed by atoms with Crippen LogP contribution in [0.15, 0.2) is 24.3 Å². The summed E-state index contributed by atoms with van der Waals surface area (Å²) in [6, 6.07) is 7.13. The van der Waals surface area contributed by atoms with Crippen molar-refractivity contribution in [2.45, 2.75) is 13.3 Å². The molecule has 0 aliphatic heterocycles. The van der Waals surface area contributed by atoms with Gasteiger partial charge in [0, 0.05) is 24.5 Å². The van der Waals surface area contributed by atoms with Crippen molar-refractivity contribution in [3.05, 3.63) is 29.8 Å². The molecule has 0 spiro atoms. The van der Waals surface area contributed by atoms with Gasteiger partial charge in [-0.05, 0) is 30.7 Å². The molecule has 0 aliphatic rings. The van der Waals surface area contributed by atoms with Gasteiger partial charge in [-0.2, -0.15) is 0 Å². The zero-order valence-electron chi connectivity index (χ0n) is 10.3. The van der Waals surface area contributed by atoms with Gasteiger partial charge in [0.15, 0.2) is 0 Å². The molecular weight excluding hydrogens is 238 g/mol. The number of alkyl halides is 1. The Morgan fingerprint density at radius 3 is 2.41 bits per heavy atom. The molecule has 0 fully saturated rings. The Balaban J connectivity index is 2.77. The predicted molar refractivity (Wildman–Crippen MR) is 69.9 cm³/mol. The van der Waals surface area contributed by atoms with Gasteiger partial charge in [-0.15, -0.1) is 11.6 Å². The lowest BCUT2D eigenvalue weighted by Gasteiger charge is -2.21. The van der Waals surface area contributed by atoms with Crippen LogP contribution in [-0.4, -0.2) is 36.9 Å². The van der Waals surface area contributed by atoms with E-state index in [1.165, 1.54) is 0 Å². The van der Waals surface area contributed by atoms with E-state index in [1.807, 2.05) is 6.92 Å². The second-order valence-electron chi connectivity index (χ2n) is 3.71. The fourth-order valence-corrected chi connectivity index (χ4v) is 1.81. The van der Waals surface area contributed by atoms with Crippen molar-refractivity contribution in [3.8, 4) is 5.75 Å². The third-order valence-electron chi connectivity index (χ3n) is 2.47. The quantitative estimate of drug-likeness (QED) is 0.732. The van der Waals surface area contributed by atoms with Gasteiger partial charge in [0.05, 0.1) is 7.11 Å². The Bertz CT molecular complexity index is 345. The van der Waals surface area contributed by atoms with E-state index < -0.39 is 0 Å². The number of carbonyl (C=O) groups excluding carboxylic acids is 1. The standard InChI is InChI=1S/C13H18ClNO2/c1-3-9-15(10-8-14)13(16)11-4-6-12(17-2)7-5-11/h4-7H,3,8-10H2,1-2H3. The maximum atomic E-state index is 12.2. The van der Waals surface area contributed by atoms with Crippen LogP contribution >= 0.6 is 11.6 Å². The number of rotatable bonds is 6. The van der Waals surface area contributed by atoms with Gasteiger partial charge in [0.1, 0.15) is 5.75 Å². The number of nitrogens with zero attached hydrogens (tertiary/aromatic N) is 1. The molecule has 94 valence electrons. The van der Waals surface area contributed by atoms with Crippen LogP contribution in [0.25, 0.3) is 0 Å². The maximum absolute atomic E-state index is 12.2. The minimum absolute atomic E-state index is 0.0233. The molecule has 0 aromatic heterocycles. The van der Waals surface area contributed by atoms with Gasteiger partial charge in [-0.1, -0.05) is 6.92 Å². The molecule has 1 amide bonds. The highest BCUT2D eigenvalue weighted by atomic mass is 35.5. The Morgan fingerprint density at radius 1 is 1.29 bits per heavy atom. The van der Waals surface area contributed by atoms with Crippen molar-refractivity contribution in [1.29, 1.82) is 0 Å². The average molecular weight is 256 g/mol. The lowest BCUT2D eigenvalue weighted by atomic mass is 10.2. The van der Waals surface area contributed by atoms with Crippen molar-refractivity contribution in [2.75, 3.05) is 26.1 Å². The van der Waals surface area contributed by atoms with E-state index in [2.05, 4.69) is 0 Å². The smallest absolute Gasteiger partial charge is 0.253 e. The summed E-state index contributed by atoms with van der Waals surface area (Å²) < 4.78 is 5.06. The molecule has 0 N–H and O–H groups in total. The SMILES string of the molecule is CCCN(CCCl)C(=O)c1ccc(OC)cc1. The fraction of sp³-hybridized carbons (Fsp3) is 0.462. The number of carbonyl (C=O) groups is 1. The topological polar surface area (TPSA) is 29.5 Å². The van der Waals surface area contributed by atoms with E-state index in [0.717, 1.165) is 18.7 Å². The molecule has 0 heterocycles. The number of amides is 1. The highest BCUT2D eigenvalue weighted by Gasteiger charge is 2.14. The number of hydrogen-bond acceptors (Lipinski definition) is 2. The van der Waals surface area contributed by atoms with Crippen LogP contribution in [0.2, 0.25) is 0 Å². The van der Waals surface area contributed by atoms with Gasteiger partial charge >= 0.3 is 0 Å². The maximum Gasteiger partial charge on any atom is 0.253 e. The normalized spacial score (nSPS) is 10.1. The van der Waals surface area contributed by atoms with E-state index in [-0.39, 0.29) is 5.91 Å². The van der Waals surface area contributed by atoms with E-state index >= 15 is 0 Å². The Hall–Kier alpha value is -1.22. The van der Waals surface area contributed by atoms with Crippen molar-refractivity contribution in [3.63, 3.8) is 0 Å². The first-order valence-corrected chi connectivity index (χ1v) is 6.25. The van der Waals surface area contributed by atoms with E-state index in [9.17, 15) is 4.79 Å². The van der Waals surface area contributed by atoms with Crippen LogP contribution in [0.3, 0.4) is 0 Å². The number of ether oxygens (including phenoxy) is 1. The number of benzene rings is 1. The summed E-state index contributed by atoms with van der Waals surface area (Å²) in [6.07, 6.45) is 0.929. The first-order valence-electron chi connectivity index (χ1n) is 5.72. The summed E-state index contributed by atoms with van der Waals surface area (Å²) in [4.78, 5) is 13.9. The van der Waals surface area contributed by atoms with Crippen molar-refractivity contribution in [2.24, 2.45) is 0 Å². The van der Waals surface area contributed by atoms with Crippen LogP contribution in [0.4, 0.5) is 0 Å². The summed E-state index contributed by atoms with van der Waals surface area (Å²) in [6.45, 7) is 3.36. The first kappa shape index (κ1) is 13.8. The van der Waals surface area contributed by atoms with Gasteiger partial charge in [0.2, 0.25) is 0 Å². The lowest BCUT2D eigenvalue weighted by molar-refractivity contribution is 0.0765. The molecule has 0 saturated heterocycles. The number of methoxy groups -OCH3 is 1. The van der Waals surface area contributed by atoms with Crippen molar-refractivity contribution < 1.29 is 9.53 Å². The second kappa shape index (κ2) is 7.17. The van der Waals surface area contributed by atoms with Crippen LogP contribution < -0.4 is 4.74 Å². The third kappa shape index (κ3) is 3.93. The summed E-state index contributed by atoms with van der Waals surface area (Å²) in [5.74, 6) is 1.23. The van der Waals surface area contributed by atoms with Crippen molar-refractivity contribution in [1.82, 2.24) is 4.90 Å². The molecule has 0 radical (unpaired) electrons. The predicted octanol–water partition coefficient (Wildman–Crippen LogP) is 2.79. The van der Waals surface area contributed by atoms with Gasteiger partial charge in [0.25, 0.3) is 5.91 Å². The molecule has 3 nitrogen and oxygen atoms in total. The van der Waals surface area contributed by atoms with Crippen molar-refractivity contribution >= 4 is 17.5 Å². The Morgan fingerprint density at radius 2 is 1.94 bits per heavy atom. The van der Waals surface area contributed by atoms with Crippen LogP contribution in [0, 0.1) is 0 Å². The summed E-state index contributed by atoms with van der Waals surface area (Å²) in [7, 11) is 1.60. The molecule has 1 rings (SSSR count). The monoisotopic (exact) mass is 255 g/mol. The minimum Gasteiger partial charge on any atom is -0.497 e. The summed E-state index contributed by atoms with van der Waals surface area (Å²) in [5.41, 5.74) is 0.671. The first-order chi connectivity index (χ1) is 8.22. The molecule has 1 aromatic carbocycles. The zero-order chi connectivity index (χ0) is 12.7. The molecule has 0 saturated carbocycles. The number of hydrogen-bond donors (Lipinski definition) is 0. The molecule has 0 atom stereocenters. The molecule has 4 heteroatoms. The number of halogens is 1. The van der Waals surface area contributed by atoms with Crippen LogP contribution in [0.1, 0.15) is 23.7 Å². The van der Waals surface area contributed by atoms with E-state index in [1.54, 1.807) is 36.3 Å². The lowest BCUT2D eigenvalue weighted by Crippen LogP contribution is -2.33. The Labute approximate surface area is 107 Å². The largest absolute Gasteiger partial charge is 0.497 e. The third-order valence-corrected chi connectivity index (χ3v) is 2.64. The van der Waals surface area contributed by atoms with E-state index in [4.69, 9.17) is 16.3 Å². The minimum atomic E-state index is 0.0233. The fourth-order valence-electron chi connectivity index (χ4n) is 1.60. The summed E-state index contributed by atoms with van der Waals surface area (Å²) >= 11 is 5.70. The molecule has 0 aliphatic carbocycles.